The Morgan fingerprint density at radius 2 is 1.75 bits per heavy atom. The average Bonchev–Trinajstić information content (AvgIpc) is 2.35. The Bertz CT molecular complexity index is 689. The normalized spacial score (nSPS) is 10.4. The molecule has 0 atom stereocenters. The number of rotatable bonds is 2. The fourth-order valence-electron chi connectivity index (χ4n) is 1.61. The van der Waals surface area contributed by atoms with Crippen LogP contribution in [-0.2, 0) is 0 Å². The molecule has 1 N–H and O–H groups in total. The lowest BCUT2D eigenvalue weighted by atomic mass is 10.1. The van der Waals surface area contributed by atoms with E-state index in [1.165, 1.54) is 6.07 Å². The van der Waals surface area contributed by atoms with Crippen molar-refractivity contribution >= 4 is 43.5 Å². The Morgan fingerprint density at radius 1 is 1.05 bits per heavy atom. The van der Waals surface area contributed by atoms with Gasteiger partial charge in [-0.05, 0) is 62.5 Å². The summed E-state index contributed by atoms with van der Waals surface area (Å²) in [5, 5.41) is 2.41. The van der Waals surface area contributed by atoms with Crippen LogP contribution >= 0.6 is 31.9 Å². The van der Waals surface area contributed by atoms with E-state index in [9.17, 15) is 13.6 Å². The molecule has 0 spiro atoms. The van der Waals surface area contributed by atoms with Crippen LogP contribution in [0.25, 0.3) is 0 Å². The van der Waals surface area contributed by atoms with Gasteiger partial charge in [-0.3, -0.25) is 4.79 Å². The maximum Gasteiger partial charge on any atom is 0.256 e. The van der Waals surface area contributed by atoms with Crippen molar-refractivity contribution in [2.45, 2.75) is 6.92 Å². The molecule has 0 saturated heterocycles. The highest BCUT2D eigenvalue weighted by Crippen LogP contribution is 2.25. The Labute approximate surface area is 131 Å². The molecule has 0 radical (unpaired) electrons. The van der Waals surface area contributed by atoms with Gasteiger partial charge in [0.25, 0.3) is 5.91 Å². The van der Waals surface area contributed by atoms with Gasteiger partial charge in [-0.2, -0.15) is 0 Å². The molecule has 0 unspecified atom stereocenters. The molecule has 2 aromatic carbocycles. The number of hydrogen-bond acceptors (Lipinski definition) is 1. The summed E-state index contributed by atoms with van der Waals surface area (Å²) in [6.07, 6.45) is 0. The fraction of sp³-hybridized carbons (Fsp3) is 0.0714. The molecule has 0 aliphatic carbocycles. The summed E-state index contributed by atoms with van der Waals surface area (Å²) >= 11 is 6.23. The van der Waals surface area contributed by atoms with Crippen LogP contribution in [-0.4, -0.2) is 5.91 Å². The molecule has 0 aliphatic heterocycles. The lowest BCUT2D eigenvalue weighted by Crippen LogP contribution is -2.14. The Kier molecular flexibility index (Phi) is 4.55. The second-order valence-corrected chi connectivity index (χ2v) is 5.89. The van der Waals surface area contributed by atoms with Crippen molar-refractivity contribution in [2.75, 3.05) is 5.32 Å². The number of anilines is 1. The molecule has 104 valence electrons. The van der Waals surface area contributed by atoms with Crippen molar-refractivity contribution in [3.05, 3.63) is 62.0 Å². The van der Waals surface area contributed by atoms with Gasteiger partial charge in [0.05, 0.1) is 15.7 Å². The van der Waals surface area contributed by atoms with Gasteiger partial charge in [0.1, 0.15) is 11.6 Å². The molecule has 0 bridgehead atoms. The van der Waals surface area contributed by atoms with Gasteiger partial charge >= 0.3 is 0 Å². The van der Waals surface area contributed by atoms with Crippen LogP contribution in [0.15, 0.2) is 39.3 Å². The first-order valence-corrected chi connectivity index (χ1v) is 7.19. The summed E-state index contributed by atoms with van der Waals surface area (Å²) in [7, 11) is 0. The second kappa shape index (κ2) is 6.01. The summed E-state index contributed by atoms with van der Waals surface area (Å²) < 4.78 is 27.4. The molecule has 6 heteroatoms. The Morgan fingerprint density at radius 3 is 2.40 bits per heavy atom. The molecule has 2 aromatic rings. The number of hydrogen-bond donors (Lipinski definition) is 1. The molecule has 20 heavy (non-hydrogen) atoms. The predicted molar refractivity (Wildman–Crippen MR) is 80.9 cm³/mol. The largest absolute Gasteiger partial charge is 0.319 e. The molecule has 0 fully saturated rings. The van der Waals surface area contributed by atoms with Crippen molar-refractivity contribution in [3.63, 3.8) is 0 Å². The first-order valence-electron chi connectivity index (χ1n) is 5.60. The Balaban J connectivity index is 2.30. The highest BCUT2D eigenvalue weighted by Gasteiger charge is 2.14. The van der Waals surface area contributed by atoms with Crippen LogP contribution in [0.5, 0.6) is 0 Å². The number of nitrogens with one attached hydrogen (secondary N) is 1. The fourth-order valence-corrected chi connectivity index (χ4v) is 2.63. The van der Waals surface area contributed by atoms with Crippen LogP contribution < -0.4 is 5.32 Å². The zero-order valence-electron chi connectivity index (χ0n) is 10.3. The third-order valence-corrected chi connectivity index (χ3v) is 3.89. The lowest BCUT2D eigenvalue weighted by molar-refractivity contribution is 0.102. The minimum Gasteiger partial charge on any atom is -0.319 e. The summed E-state index contributed by atoms with van der Waals surface area (Å²) in [4.78, 5) is 12.1. The number of carbonyl (C=O) groups excluding carboxylic acids is 1. The van der Waals surface area contributed by atoms with Gasteiger partial charge in [0, 0.05) is 10.5 Å². The number of benzene rings is 2. The predicted octanol–water partition coefficient (Wildman–Crippen LogP) is 5.05. The third-order valence-electron chi connectivity index (χ3n) is 2.63. The zero-order chi connectivity index (χ0) is 14.9. The minimum atomic E-state index is -0.831. The summed E-state index contributed by atoms with van der Waals surface area (Å²) in [5.41, 5.74) is 1.27. The molecule has 2 rings (SSSR count). The monoisotopic (exact) mass is 403 g/mol. The molecule has 0 aliphatic rings. The van der Waals surface area contributed by atoms with E-state index in [1.54, 1.807) is 18.2 Å². The van der Waals surface area contributed by atoms with Crippen molar-refractivity contribution in [1.29, 1.82) is 0 Å². The topological polar surface area (TPSA) is 29.1 Å². The quantitative estimate of drug-likeness (QED) is 0.697. The van der Waals surface area contributed by atoms with E-state index in [-0.39, 0.29) is 10.2 Å². The van der Waals surface area contributed by atoms with Crippen molar-refractivity contribution in [2.24, 2.45) is 0 Å². The maximum absolute atomic E-state index is 13.6. The van der Waals surface area contributed by atoms with Gasteiger partial charge in [-0.15, -0.1) is 0 Å². The van der Waals surface area contributed by atoms with E-state index in [1.807, 2.05) is 6.92 Å². The summed E-state index contributed by atoms with van der Waals surface area (Å²) in [5.74, 6) is -2.03. The first-order chi connectivity index (χ1) is 9.38. The number of aryl methyl sites for hydroxylation is 1. The number of amides is 1. The van der Waals surface area contributed by atoms with Gasteiger partial charge in [0.15, 0.2) is 0 Å². The maximum atomic E-state index is 13.6. The number of halogens is 4. The molecular weight excluding hydrogens is 396 g/mol. The van der Waals surface area contributed by atoms with E-state index >= 15 is 0 Å². The SMILES string of the molecule is Cc1ccc(C(=O)Nc2cc(Br)c(F)cc2F)c(Br)c1. The van der Waals surface area contributed by atoms with Crippen molar-refractivity contribution in [3.8, 4) is 0 Å². The average molecular weight is 405 g/mol. The molecule has 0 aromatic heterocycles. The molecular formula is C14H9Br2F2NO. The highest BCUT2D eigenvalue weighted by atomic mass is 79.9. The number of carbonyl (C=O) groups is 1. The van der Waals surface area contributed by atoms with Crippen LogP contribution in [0.2, 0.25) is 0 Å². The Hall–Kier alpha value is -1.27. The molecule has 0 heterocycles. The van der Waals surface area contributed by atoms with E-state index < -0.39 is 17.5 Å². The van der Waals surface area contributed by atoms with Gasteiger partial charge in [-0.1, -0.05) is 6.07 Å². The van der Waals surface area contributed by atoms with Gasteiger partial charge in [-0.25, -0.2) is 8.78 Å². The summed E-state index contributed by atoms with van der Waals surface area (Å²) in [6.45, 7) is 1.89. The van der Waals surface area contributed by atoms with Gasteiger partial charge in [0.2, 0.25) is 0 Å². The molecule has 1 amide bonds. The van der Waals surface area contributed by atoms with E-state index in [4.69, 9.17) is 0 Å². The van der Waals surface area contributed by atoms with Gasteiger partial charge < -0.3 is 5.32 Å². The second-order valence-electron chi connectivity index (χ2n) is 4.18. The highest BCUT2D eigenvalue weighted by molar-refractivity contribution is 9.10. The summed E-state index contributed by atoms with van der Waals surface area (Å²) in [6, 6.07) is 7.09. The van der Waals surface area contributed by atoms with Crippen LogP contribution in [0.4, 0.5) is 14.5 Å². The molecule has 0 saturated carbocycles. The van der Waals surface area contributed by atoms with Crippen LogP contribution in [0.3, 0.4) is 0 Å². The molecule has 2 nitrogen and oxygen atoms in total. The van der Waals surface area contributed by atoms with Crippen LogP contribution in [0.1, 0.15) is 15.9 Å². The van der Waals surface area contributed by atoms with Crippen LogP contribution in [0, 0.1) is 18.6 Å². The first kappa shape index (κ1) is 15.1. The lowest BCUT2D eigenvalue weighted by Gasteiger charge is -2.09. The van der Waals surface area contributed by atoms with Crippen molar-refractivity contribution < 1.29 is 13.6 Å². The van der Waals surface area contributed by atoms with E-state index in [0.29, 0.717) is 16.1 Å². The van der Waals surface area contributed by atoms with E-state index in [2.05, 4.69) is 37.2 Å². The minimum absolute atomic E-state index is 0.0807. The zero-order valence-corrected chi connectivity index (χ0v) is 13.5. The van der Waals surface area contributed by atoms with Crippen molar-refractivity contribution in [1.82, 2.24) is 0 Å². The smallest absolute Gasteiger partial charge is 0.256 e. The standard InChI is InChI=1S/C14H9Br2F2NO/c1-7-2-3-8(9(15)4-7)14(20)19-13-5-10(16)11(17)6-12(13)18/h2-6H,1H3,(H,19,20). The third kappa shape index (κ3) is 3.24. The van der Waals surface area contributed by atoms with E-state index in [0.717, 1.165) is 5.56 Å².